The molecule has 1 N–H and O–H groups in total. The van der Waals surface area contributed by atoms with Crippen molar-refractivity contribution in [3.63, 3.8) is 0 Å². The minimum atomic E-state index is -1.30. The third-order valence-electron chi connectivity index (χ3n) is 1.62. The van der Waals surface area contributed by atoms with Crippen LogP contribution in [0.25, 0.3) is 0 Å². The molecule has 1 heterocycles. The van der Waals surface area contributed by atoms with Crippen LogP contribution < -0.4 is 4.74 Å². The van der Waals surface area contributed by atoms with Gasteiger partial charge in [-0.05, 0) is 13.8 Å². The number of hydrogen-bond acceptors (Lipinski definition) is 3. The molecule has 0 fully saturated rings. The van der Waals surface area contributed by atoms with Crippen LogP contribution in [-0.2, 0) is 4.79 Å². The van der Waals surface area contributed by atoms with Crippen LogP contribution >= 0.6 is 11.6 Å². The first-order chi connectivity index (χ1) is 6.43. The summed E-state index contributed by atoms with van der Waals surface area (Å²) in [4.78, 5) is 14.5. The van der Waals surface area contributed by atoms with E-state index in [0.29, 0.717) is 10.8 Å². The van der Waals surface area contributed by atoms with Crippen molar-refractivity contribution in [2.24, 2.45) is 0 Å². The average Bonchev–Trinajstić information content (AvgIpc) is 2.08. The van der Waals surface area contributed by atoms with Gasteiger partial charge in [-0.3, -0.25) is 4.98 Å². The van der Waals surface area contributed by atoms with Crippen LogP contribution in [-0.4, -0.2) is 21.7 Å². The van der Waals surface area contributed by atoms with Gasteiger partial charge < -0.3 is 9.84 Å². The maximum Gasteiger partial charge on any atom is 0.347 e. The van der Waals surface area contributed by atoms with Crippen molar-refractivity contribution in [3.8, 4) is 5.75 Å². The standard InChI is InChI=1S/C9H10ClNO3/c1-9(2,8(12)13)14-7-3-4-11-5-6(7)10/h3-5H,1-2H3,(H,12,13). The van der Waals surface area contributed by atoms with Crippen molar-refractivity contribution in [1.82, 2.24) is 4.98 Å². The maximum absolute atomic E-state index is 10.8. The molecule has 0 atom stereocenters. The summed E-state index contributed by atoms with van der Waals surface area (Å²) in [5, 5.41) is 9.10. The van der Waals surface area contributed by atoms with Crippen molar-refractivity contribution in [2.75, 3.05) is 0 Å². The number of halogens is 1. The number of carboxylic acids is 1. The van der Waals surface area contributed by atoms with Crippen LogP contribution in [0.3, 0.4) is 0 Å². The third kappa shape index (κ3) is 2.35. The van der Waals surface area contributed by atoms with Gasteiger partial charge in [-0.15, -0.1) is 0 Å². The Balaban J connectivity index is 2.89. The lowest BCUT2D eigenvalue weighted by Crippen LogP contribution is -2.37. The Morgan fingerprint density at radius 3 is 2.79 bits per heavy atom. The van der Waals surface area contributed by atoms with Gasteiger partial charge in [0.2, 0.25) is 0 Å². The van der Waals surface area contributed by atoms with Gasteiger partial charge in [0, 0.05) is 18.5 Å². The third-order valence-corrected chi connectivity index (χ3v) is 1.90. The summed E-state index contributed by atoms with van der Waals surface area (Å²) in [6.07, 6.45) is 2.88. The Labute approximate surface area is 86.5 Å². The molecule has 14 heavy (non-hydrogen) atoms. The molecule has 0 aromatic carbocycles. The van der Waals surface area contributed by atoms with Gasteiger partial charge in [0.05, 0.1) is 0 Å². The van der Waals surface area contributed by atoms with E-state index in [1.807, 2.05) is 0 Å². The second-order valence-corrected chi connectivity index (χ2v) is 3.63. The van der Waals surface area contributed by atoms with E-state index in [-0.39, 0.29) is 0 Å². The van der Waals surface area contributed by atoms with Crippen LogP contribution in [0.1, 0.15) is 13.8 Å². The SMILES string of the molecule is CC(C)(Oc1ccncc1Cl)C(=O)O. The molecule has 1 aromatic heterocycles. The molecular weight excluding hydrogens is 206 g/mol. The van der Waals surface area contributed by atoms with Crippen LogP contribution in [0.2, 0.25) is 5.02 Å². The van der Waals surface area contributed by atoms with Gasteiger partial charge in [0.15, 0.2) is 5.60 Å². The van der Waals surface area contributed by atoms with Crippen molar-refractivity contribution >= 4 is 17.6 Å². The smallest absolute Gasteiger partial charge is 0.347 e. The highest BCUT2D eigenvalue weighted by molar-refractivity contribution is 6.31. The zero-order chi connectivity index (χ0) is 10.8. The van der Waals surface area contributed by atoms with Gasteiger partial charge in [-0.2, -0.15) is 0 Å². The minimum absolute atomic E-state index is 0.293. The lowest BCUT2D eigenvalue weighted by molar-refractivity contribution is -0.152. The maximum atomic E-state index is 10.8. The molecular formula is C9H10ClNO3. The Morgan fingerprint density at radius 2 is 2.29 bits per heavy atom. The lowest BCUT2D eigenvalue weighted by Gasteiger charge is -2.21. The number of carbonyl (C=O) groups is 1. The van der Waals surface area contributed by atoms with Crippen LogP contribution in [0.4, 0.5) is 0 Å². The van der Waals surface area contributed by atoms with E-state index in [2.05, 4.69) is 4.98 Å². The number of pyridine rings is 1. The molecule has 0 amide bonds. The topological polar surface area (TPSA) is 59.4 Å². The second kappa shape index (κ2) is 3.84. The molecule has 0 radical (unpaired) electrons. The summed E-state index contributed by atoms with van der Waals surface area (Å²) in [5.74, 6) is -0.737. The fraction of sp³-hybridized carbons (Fsp3) is 0.333. The summed E-state index contributed by atoms with van der Waals surface area (Å²) < 4.78 is 5.22. The summed E-state index contributed by atoms with van der Waals surface area (Å²) in [5.41, 5.74) is -1.30. The van der Waals surface area contributed by atoms with Crippen molar-refractivity contribution in [1.29, 1.82) is 0 Å². The van der Waals surface area contributed by atoms with Gasteiger partial charge in [-0.25, -0.2) is 4.79 Å². The van der Waals surface area contributed by atoms with Crippen LogP contribution in [0, 0.1) is 0 Å². The first-order valence-corrected chi connectivity index (χ1v) is 4.33. The molecule has 76 valence electrons. The molecule has 0 aliphatic carbocycles. The quantitative estimate of drug-likeness (QED) is 0.838. The van der Waals surface area contributed by atoms with E-state index in [1.54, 1.807) is 0 Å². The second-order valence-electron chi connectivity index (χ2n) is 3.22. The molecule has 4 nitrogen and oxygen atoms in total. The Bertz CT molecular complexity index is 352. The minimum Gasteiger partial charge on any atom is -0.478 e. The predicted octanol–water partition coefficient (Wildman–Crippen LogP) is 1.98. The Kier molecular flexibility index (Phi) is 2.96. The molecule has 1 aromatic rings. The number of aliphatic carboxylic acids is 1. The fourth-order valence-electron chi connectivity index (χ4n) is 0.764. The van der Waals surface area contributed by atoms with E-state index in [1.165, 1.54) is 32.3 Å². The average molecular weight is 216 g/mol. The molecule has 1 rings (SSSR count). The van der Waals surface area contributed by atoms with E-state index in [0.717, 1.165) is 0 Å². The van der Waals surface area contributed by atoms with E-state index in [9.17, 15) is 4.79 Å². The molecule has 0 bridgehead atoms. The number of carboxylic acid groups (broad SMARTS) is 1. The number of ether oxygens (including phenoxy) is 1. The number of hydrogen-bond donors (Lipinski definition) is 1. The summed E-state index contributed by atoms with van der Waals surface area (Å²) in [6.45, 7) is 2.90. The highest BCUT2D eigenvalue weighted by Gasteiger charge is 2.29. The molecule has 0 saturated carbocycles. The molecule has 0 spiro atoms. The van der Waals surface area contributed by atoms with E-state index in [4.69, 9.17) is 21.4 Å². The van der Waals surface area contributed by atoms with Gasteiger partial charge in [0.25, 0.3) is 0 Å². The van der Waals surface area contributed by atoms with Gasteiger partial charge >= 0.3 is 5.97 Å². The molecule has 0 unspecified atom stereocenters. The first-order valence-electron chi connectivity index (χ1n) is 3.95. The highest BCUT2D eigenvalue weighted by Crippen LogP contribution is 2.26. The number of nitrogens with zero attached hydrogens (tertiary/aromatic N) is 1. The van der Waals surface area contributed by atoms with Crippen molar-refractivity contribution in [3.05, 3.63) is 23.5 Å². The molecule has 0 aliphatic rings. The first kappa shape index (κ1) is 10.8. The van der Waals surface area contributed by atoms with Gasteiger partial charge in [-0.1, -0.05) is 11.6 Å². The Morgan fingerprint density at radius 1 is 1.64 bits per heavy atom. The zero-order valence-corrected chi connectivity index (χ0v) is 8.58. The van der Waals surface area contributed by atoms with Crippen LogP contribution in [0.5, 0.6) is 5.75 Å². The molecule has 0 aliphatic heterocycles. The Hall–Kier alpha value is -1.29. The molecule has 5 heteroatoms. The lowest BCUT2D eigenvalue weighted by atomic mass is 10.1. The highest BCUT2D eigenvalue weighted by atomic mass is 35.5. The largest absolute Gasteiger partial charge is 0.478 e. The number of aromatic nitrogens is 1. The normalized spacial score (nSPS) is 11.1. The van der Waals surface area contributed by atoms with Gasteiger partial charge in [0.1, 0.15) is 10.8 Å². The summed E-state index contributed by atoms with van der Waals surface area (Å²) in [7, 11) is 0. The zero-order valence-electron chi connectivity index (χ0n) is 7.82. The fourth-order valence-corrected chi connectivity index (χ4v) is 0.922. The summed E-state index contributed by atoms with van der Waals surface area (Å²) in [6, 6.07) is 1.52. The molecule has 0 saturated heterocycles. The number of rotatable bonds is 3. The van der Waals surface area contributed by atoms with E-state index < -0.39 is 11.6 Å². The van der Waals surface area contributed by atoms with E-state index >= 15 is 0 Å². The van der Waals surface area contributed by atoms with Crippen molar-refractivity contribution < 1.29 is 14.6 Å². The predicted molar refractivity (Wildman–Crippen MR) is 51.6 cm³/mol. The summed E-state index contributed by atoms with van der Waals surface area (Å²) >= 11 is 5.75. The van der Waals surface area contributed by atoms with Crippen LogP contribution in [0.15, 0.2) is 18.5 Å². The van der Waals surface area contributed by atoms with Crippen molar-refractivity contribution in [2.45, 2.75) is 19.4 Å². The monoisotopic (exact) mass is 215 g/mol.